The van der Waals surface area contributed by atoms with Crippen LogP contribution in [0, 0.1) is 12.7 Å². The predicted molar refractivity (Wildman–Crippen MR) is 82.4 cm³/mol. The quantitative estimate of drug-likeness (QED) is 0.884. The Labute approximate surface area is 129 Å². The molecule has 2 rings (SSSR count). The first-order valence-corrected chi connectivity index (χ1v) is 7.15. The van der Waals surface area contributed by atoms with Gasteiger partial charge in [-0.3, -0.25) is 0 Å². The van der Waals surface area contributed by atoms with Crippen molar-refractivity contribution in [2.45, 2.75) is 33.4 Å². The van der Waals surface area contributed by atoms with Gasteiger partial charge >= 0.3 is 0 Å². The minimum absolute atomic E-state index is 0.0707. The van der Waals surface area contributed by atoms with Gasteiger partial charge in [-0.25, -0.2) is 9.37 Å². The Morgan fingerprint density at radius 1 is 1.29 bits per heavy atom. The lowest BCUT2D eigenvalue weighted by Crippen LogP contribution is -2.21. The zero-order valence-electron chi connectivity index (χ0n) is 12.3. The third-order valence-electron chi connectivity index (χ3n) is 2.82. The van der Waals surface area contributed by atoms with Crippen molar-refractivity contribution >= 4 is 11.6 Å². The van der Waals surface area contributed by atoms with Crippen molar-refractivity contribution in [3.05, 3.63) is 52.4 Å². The second-order valence-corrected chi connectivity index (χ2v) is 5.58. The van der Waals surface area contributed by atoms with Crippen molar-refractivity contribution < 1.29 is 9.13 Å². The molecule has 0 atom stereocenters. The van der Waals surface area contributed by atoms with Gasteiger partial charge < -0.3 is 10.1 Å². The van der Waals surface area contributed by atoms with E-state index in [-0.39, 0.29) is 5.02 Å². The highest BCUT2D eigenvalue weighted by Gasteiger charge is 2.06. The van der Waals surface area contributed by atoms with Gasteiger partial charge in [-0.1, -0.05) is 25.4 Å². The van der Waals surface area contributed by atoms with Gasteiger partial charge in [0.25, 0.3) is 0 Å². The highest BCUT2D eigenvalue weighted by atomic mass is 35.5. The first-order valence-electron chi connectivity index (χ1n) is 6.78. The average Bonchev–Trinajstić information content (AvgIpc) is 2.40. The van der Waals surface area contributed by atoms with E-state index in [1.54, 1.807) is 6.07 Å². The van der Waals surface area contributed by atoms with Crippen LogP contribution in [0.3, 0.4) is 0 Å². The highest BCUT2D eigenvalue weighted by Crippen LogP contribution is 2.25. The zero-order valence-corrected chi connectivity index (χ0v) is 13.0. The number of halogens is 2. The maximum Gasteiger partial charge on any atom is 0.219 e. The molecule has 3 nitrogen and oxygen atoms in total. The largest absolute Gasteiger partial charge is 0.439 e. The van der Waals surface area contributed by atoms with E-state index in [0.29, 0.717) is 17.7 Å². The number of benzene rings is 1. The lowest BCUT2D eigenvalue weighted by atomic mass is 10.2. The Balaban J connectivity index is 2.17. The van der Waals surface area contributed by atoms with Crippen molar-refractivity contribution in [2.24, 2.45) is 0 Å². The number of nitrogens with zero attached hydrogens (tertiary/aromatic N) is 1. The maximum absolute atomic E-state index is 13.4. The van der Waals surface area contributed by atoms with Crippen LogP contribution in [0.15, 0.2) is 30.3 Å². The van der Waals surface area contributed by atoms with Crippen LogP contribution < -0.4 is 10.1 Å². The van der Waals surface area contributed by atoms with Gasteiger partial charge in [0.05, 0.1) is 5.02 Å². The molecule has 0 spiro atoms. The summed E-state index contributed by atoms with van der Waals surface area (Å²) in [7, 11) is 0. The third-order valence-corrected chi connectivity index (χ3v) is 3.12. The number of hydrogen-bond donors (Lipinski definition) is 1. The van der Waals surface area contributed by atoms with E-state index >= 15 is 0 Å². The van der Waals surface area contributed by atoms with E-state index < -0.39 is 5.82 Å². The molecule has 112 valence electrons. The zero-order chi connectivity index (χ0) is 15.4. The molecule has 2 aromatic rings. The monoisotopic (exact) mass is 308 g/mol. The summed E-state index contributed by atoms with van der Waals surface area (Å²) in [6.07, 6.45) is 0. The summed E-state index contributed by atoms with van der Waals surface area (Å²) >= 11 is 5.65. The van der Waals surface area contributed by atoms with Crippen molar-refractivity contribution in [3.63, 3.8) is 0 Å². The van der Waals surface area contributed by atoms with Crippen LogP contribution in [0.5, 0.6) is 11.6 Å². The molecule has 0 unspecified atom stereocenters. The van der Waals surface area contributed by atoms with E-state index in [1.807, 2.05) is 19.1 Å². The van der Waals surface area contributed by atoms with E-state index in [0.717, 1.165) is 17.8 Å². The molecule has 0 bridgehead atoms. The number of ether oxygens (including phenoxy) is 1. The van der Waals surface area contributed by atoms with Gasteiger partial charge in [-0.15, -0.1) is 0 Å². The van der Waals surface area contributed by atoms with Crippen LogP contribution in [0.2, 0.25) is 5.02 Å². The number of nitrogens with one attached hydrogen (secondary N) is 1. The van der Waals surface area contributed by atoms with Gasteiger partial charge in [0, 0.05) is 30.4 Å². The minimum atomic E-state index is -0.511. The molecule has 0 aliphatic carbocycles. The standard InChI is InChI=1S/C16H18ClFN2O/c1-10(2)19-9-12-6-11(3)20-16(7-12)21-13-4-5-14(17)15(18)8-13/h4-8,10,19H,9H2,1-3H3. The van der Waals surface area contributed by atoms with E-state index in [1.165, 1.54) is 12.1 Å². The molecule has 0 amide bonds. The Bertz CT molecular complexity index is 632. The Morgan fingerprint density at radius 2 is 2.05 bits per heavy atom. The highest BCUT2D eigenvalue weighted by molar-refractivity contribution is 6.30. The maximum atomic E-state index is 13.4. The number of aromatic nitrogens is 1. The summed E-state index contributed by atoms with van der Waals surface area (Å²) in [4.78, 5) is 4.30. The smallest absolute Gasteiger partial charge is 0.219 e. The van der Waals surface area contributed by atoms with E-state index in [4.69, 9.17) is 16.3 Å². The van der Waals surface area contributed by atoms with Crippen LogP contribution in [-0.2, 0) is 6.54 Å². The topological polar surface area (TPSA) is 34.1 Å². The second-order valence-electron chi connectivity index (χ2n) is 5.17. The summed E-state index contributed by atoms with van der Waals surface area (Å²) in [5.74, 6) is 0.304. The van der Waals surface area contributed by atoms with Crippen molar-refractivity contribution in [1.29, 1.82) is 0 Å². The lowest BCUT2D eigenvalue weighted by Gasteiger charge is -2.11. The summed E-state index contributed by atoms with van der Waals surface area (Å²) in [5, 5.41) is 3.41. The predicted octanol–water partition coefficient (Wildman–Crippen LogP) is 4.47. The van der Waals surface area contributed by atoms with Gasteiger partial charge in [0.2, 0.25) is 5.88 Å². The van der Waals surface area contributed by atoms with Crippen LogP contribution >= 0.6 is 11.6 Å². The molecular formula is C16H18ClFN2O. The van der Waals surface area contributed by atoms with Crippen molar-refractivity contribution in [3.8, 4) is 11.6 Å². The molecule has 0 radical (unpaired) electrons. The summed E-state index contributed by atoms with van der Waals surface area (Å²) < 4.78 is 19.0. The summed E-state index contributed by atoms with van der Waals surface area (Å²) in [5.41, 5.74) is 1.92. The molecule has 5 heteroatoms. The fourth-order valence-electron chi connectivity index (χ4n) is 1.84. The number of aryl methyl sites for hydroxylation is 1. The first-order chi connectivity index (χ1) is 9.94. The summed E-state index contributed by atoms with van der Waals surface area (Å²) in [6.45, 7) is 6.80. The average molecular weight is 309 g/mol. The molecular weight excluding hydrogens is 291 g/mol. The first kappa shape index (κ1) is 15.7. The second kappa shape index (κ2) is 6.87. The van der Waals surface area contributed by atoms with Crippen LogP contribution in [0.1, 0.15) is 25.1 Å². The Kier molecular flexibility index (Phi) is 5.15. The third kappa shape index (κ3) is 4.69. The molecule has 21 heavy (non-hydrogen) atoms. The summed E-state index contributed by atoms with van der Waals surface area (Å²) in [6, 6.07) is 8.55. The molecule has 0 saturated heterocycles. The van der Waals surface area contributed by atoms with Gasteiger partial charge in [0.15, 0.2) is 0 Å². The molecule has 1 aromatic carbocycles. The number of rotatable bonds is 5. The van der Waals surface area contributed by atoms with Crippen molar-refractivity contribution in [1.82, 2.24) is 10.3 Å². The number of hydrogen-bond acceptors (Lipinski definition) is 3. The SMILES string of the molecule is Cc1cc(CNC(C)C)cc(Oc2ccc(Cl)c(F)c2)n1. The fraction of sp³-hybridized carbons (Fsp3) is 0.312. The number of pyridine rings is 1. The fourth-order valence-corrected chi connectivity index (χ4v) is 1.96. The van der Waals surface area contributed by atoms with Gasteiger partial charge in [-0.2, -0.15) is 0 Å². The lowest BCUT2D eigenvalue weighted by molar-refractivity contribution is 0.455. The molecule has 0 aliphatic heterocycles. The molecule has 1 N–H and O–H groups in total. The molecule has 0 aliphatic rings. The Hall–Kier alpha value is -1.65. The normalized spacial score (nSPS) is 11.0. The molecule has 0 saturated carbocycles. The van der Waals surface area contributed by atoms with Gasteiger partial charge in [-0.05, 0) is 30.7 Å². The molecule has 1 aromatic heterocycles. The van der Waals surface area contributed by atoms with Crippen LogP contribution in [0.4, 0.5) is 4.39 Å². The molecule has 0 fully saturated rings. The van der Waals surface area contributed by atoms with Crippen molar-refractivity contribution in [2.75, 3.05) is 0 Å². The Morgan fingerprint density at radius 3 is 2.71 bits per heavy atom. The van der Waals surface area contributed by atoms with E-state index in [9.17, 15) is 4.39 Å². The van der Waals surface area contributed by atoms with E-state index in [2.05, 4.69) is 24.1 Å². The molecule has 1 heterocycles. The van der Waals surface area contributed by atoms with Crippen LogP contribution in [-0.4, -0.2) is 11.0 Å². The van der Waals surface area contributed by atoms with Crippen LogP contribution in [0.25, 0.3) is 0 Å². The minimum Gasteiger partial charge on any atom is -0.439 e. The van der Waals surface area contributed by atoms with Gasteiger partial charge in [0.1, 0.15) is 11.6 Å².